The summed E-state index contributed by atoms with van der Waals surface area (Å²) in [5.74, 6) is -0.0468. The quantitative estimate of drug-likeness (QED) is 0.720. The van der Waals surface area contributed by atoms with Crippen LogP contribution >= 0.6 is 15.9 Å². The smallest absolute Gasteiger partial charge is 0.308 e. The number of nitrogens with one attached hydrogen (secondary N) is 2. The van der Waals surface area contributed by atoms with E-state index in [0.717, 1.165) is 4.47 Å². The van der Waals surface area contributed by atoms with Crippen molar-refractivity contribution in [1.82, 2.24) is 9.97 Å². The van der Waals surface area contributed by atoms with Crippen LogP contribution < -0.4 is 10.6 Å². The van der Waals surface area contributed by atoms with Crippen molar-refractivity contribution in [1.29, 1.82) is 0 Å². The zero-order valence-corrected chi connectivity index (χ0v) is 12.8. The average molecular weight is 361 g/mol. The van der Waals surface area contributed by atoms with Gasteiger partial charge in [0.25, 0.3) is 0 Å². The van der Waals surface area contributed by atoms with Gasteiger partial charge >= 0.3 is 6.03 Å². The van der Waals surface area contributed by atoms with Crippen LogP contribution in [0.1, 0.15) is 0 Å². The topological polar surface area (TPSA) is 66.9 Å². The number of carbonyl (C=O) groups is 1. The molecule has 0 atom stereocenters. The van der Waals surface area contributed by atoms with Crippen LogP contribution in [0.3, 0.4) is 0 Å². The molecule has 0 saturated carbocycles. The molecule has 0 fully saturated rings. The van der Waals surface area contributed by atoms with Crippen LogP contribution in [0.5, 0.6) is 0 Å². The normalized spacial score (nSPS) is 10.5. The number of hydrogen-bond donors (Lipinski definition) is 2. The number of urea groups is 1. The van der Waals surface area contributed by atoms with Crippen molar-refractivity contribution in [2.24, 2.45) is 0 Å². The van der Waals surface area contributed by atoms with Gasteiger partial charge in [-0.25, -0.2) is 19.2 Å². The highest BCUT2D eigenvalue weighted by atomic mass is 79.9. The molecule has 22 heavy (non-hydrogen) atoms. The largest absolute Gasteiger partial charge is 0.324 e. The van der Waals surface area contributed by atoms with Crippen LogP contribution in [0.4, 0.5) is 20.7 Å². The molecular weight excluding hydrogens is 351 g/mol. The van der Waals surface area contributed by atoms with Crippen molar-refractivity contribution in [2.75, 3.05) is 10.6 Å². The van der Waals surface area contributed by atoms with Gasteiger partial charge in [0.2, 0.25) is 0 Å². The molecule has 0 saturated heterocycles. The van der Waals surface area contributed by atoms with Gasteiger partial charge in [-0.3, -0.25) is 5.32 Å². The number of nitrogens with zero attached hydrogens (tertiary/aromatic N) is 2. The van der Waals surface area contributed by atoms with E-state index in [0.29, 0.717) is 22.4 Å². The third-order valence-corrected chi connectivity index (χ3v) is 3.41. The van der Waals surface area contributed by atoms with Gasteiger partial charge in [-0.15, -0.1) is 0 Å². The minimum Gasteiger partial charge on any atom is -0.308 e. The predicted molar refractivity (Wildman–Crippen MR) is 86.3 cm³/mol. The fourth-order valence-electron chi connectivity index (χ4n) is 1.96. The summed E-state index contributed by atoms with van der Waals surface area (Å²) in [6.07, 6.45) is 1.37. The predicted octanol–water partition coefficient (Wildman–Crippen LogP) is 4.18. The van der Waals surface area contributed by atoms with Crippen molar-refractivity contribution in [2.45, 2.75) is 0 Å². The lowest BCUT2D eigenvalue weighted by Gasteiger charge is -2.09. The molecular formula is C15H10BrFN4O. The fourth-order valence-corrected chi connectivity index (χ4v) is 2.33. The molecule has 2 aromatic carbocycles. The number of halogens is 2. The molecule has 1 aromatic heterocycles. The Labute approximate surface area is 133 Å². The Hall–Kier alpha value is -2.54. The molecule has 2 amide bonds. The number of carbonyl (C=O) groups excluding carboxylic acids is 1. The Morgan fingerprint density at radius 1 is 1.09 bits per heavy atom. The average Bonchev–Trinajstić information content (AvgIpc) is 2.48. The minimum atomic E-state index is -0.509. The van der Waals surface area contributed by atoms with Gasteiger partial charge < -0.3 is 5.32 Å². The maximum absolute atomic E-state index is 13.1. The molecule has 0 unspecified atom stereocenters. The van der Waals surface area contributed by atoms with Crippen molar-refractivity contribution < 1.29 is 9.18 Å². The summed E-state index contributed by atoms with van der Waals surface area (Å²) in [6, 6.07) is 10.6. The van der Waals surface area contributed by atoms with Gasteiger partial charge in [-0.2, -0.15) is 0 Å². The summed E-state index contributed by atoms with van der Waals surface area (Å²) in [5.41, 5.74) is 1.07. The molecule has 0 bridgehead atoms. The van der Waals surface area contributed by atoms with Crippen LogP contribution in [0.25, 0.3) is 10.9 Å². The van der Waals surface area contributed by atoms with Gasteiger partial charge in [-0.1, -0.05) is 22.0 Å². The van der Waals surface area contributed by atoms with Crippen molar-refractivity contribution >= 4 is 44.4 Å². The first-order chi connectivity index (χ1) is 10.6. The Morgan fingerprint density at radius 2 is 1.95 bits per heavy atom. The van der Waals surface area contributed by atoms with Crippen LogP contribution in [0, 0.1) is 5.82 Å². The lowest BCUT2D eigenvalue weighted by molar-refractivity contribution is 0.262. The van der Waals surface area contributed by atoms with Crippen LogP contribution in [0.2, 0.25) is 0 Å². The lowest BCUT2D eigenvalue weighted by atomic mass is 10.2. The van der Waals surface area contributed by atoms with Gasteiger partial charge in [-0.05, 0) is 36.4 Å². The summed E-state index contributed by atoms with van der Waals surface area (Å²) in [5, 5.41) is 5.88. The zero-order chi connectivity index (χ0) is 15.5. The summed E-state index contributed by atoms with van der Waals surface area (Å²) in [6.45, 7) is 0. The van der Waals surface area contributed by atoms with Crippen molar-refractivity contribution in [3.05, 3.63) is 59.1 Å². The van der Waals surface area contributed by atoms with E-state index in [2.05, 4.69) is 36.5 Å². The van der Waals surface area contributed by atoms with Crippen LogP contribution in [-0.2, 0) is 0 Å². The van der Waals surface area contributed by atoms with E-state index < -0.39 is 11.8 Å². The number of rotatable bonds is 2. The highest BCUT2D eigenvalue weighted by Crippen LogP contribution is 2.23. The Morgan fingerprint density at radius 3 is 2.77 bits per heavy atom. The SMILES string of the molecule is O=C(Nc1cccc(F)c1)Nc1ncnc2ccc(Br)cc12. The summed E-state index contributed by atoms with van der Waals surface area (Å²) in [4.78, 5) is 20.2. The third-order valence-electron chi connectivity index (χ3n) is 2.91. The van der Waals surface area contributed by atoms with Gasteiger partial charge in [0.05, 0.1) is 5.52 Å². The Kier molecular flexibility index (Phi) is 3.97. The highest BCUT2D eigenvalue weighted by Gasteiger charge is 2.08. The number of anilines is 2. The first-order valence-electron chi connectivity index (χ1n) is 6.36. The molecule has 110 valence electrons. The lowest BCUT2D eigenvalue weighted by Crippen LogP contribution is -2.20. The molecule has 7 heteroatoms. The molecule has 3 rings (SSSR count). The van der Waals surface area contributed by atoms with E-state index >= 15 is 0 Å². The van der Waals surface area contributed by atoms with E-state index in [-0.39, 0.29) is 0 Å². The summed E-state index contributed by atoms with van der Waals surface area (Å²) >= 11 is 3.37. The number of aromatic nitrogens is 2. The minimum absolute atomic E-state index is 0.358. The number of amides is 2. The molecule has 0 aliphatic heterocycles. The first-order valence-corrected chi connectivity index (χ1v) is 7.15. The molecule has 0 aliphatic carbocycles. The second-order valence-electron chi connectivity index (χ2n) is 4.47. The zero-order valence-electron chi connectivity index (χ0n) is 11.2. The molecule has 0 aliphatic rings. The van der Waals surface area contributed by atoms with E-state index in [9.17, 15) is 9.18 Å². The van der Waals surface area contributed by atoms with Gasteiger partial charge in [0.1, 0.15) is 18.0 Å². The van der Waals surface area contributed by atoms with Gasteiger partial charge in [0.15, 0.2) is 0 Å². The molecule has 0 spiro atoms. The second kappa shape index (κ2) is 6.07. The van der Waals surface area contributed by atoms with E-state index in [4.69, 9.17) is 0 Å². The second-order valence-corrected chi connectivity index (χ2v) is 5.39. The monoisotopic (exact) mass is 360 g/mol. The van der Waals surface area contributed by atoms with Crippen molar-refractivity contribution in [3.63, 3.8) is 0 Å². The molecule has 3 aromatic rings. The fraction of sp³-hybridized carbons (Fsp3) is 0. The molecule has 0 radical (unpaired) electrons. The first kappa shape index (κ1) is 14.4. The number of hydrogen-bond acceptors (Lipinski definition) is 3. The molecule has 1 heterocycles. The van der Waals surface area contributed by atoms with E-state index in [1.807, 2.05) is 18.2 Å². The maximum Gasteiger partial charge on any atom is 0.324 e. The van der Waals surface area contributed by atoms with Crippen LogP contribution in [-0.4, -0.2) is 16.0 Å². The third kappa shape index (κ3) is 3.20. The highest BCUT2D eigenvalue weighted by molar-refractivity contribution is 9.10. The van der Waals surface area contributed by atoms with E-state index in [1.54, 1.807) is 6.07 Å². The Bertz CT molecular complexity index is 856. The molecule has 2 N–H and O–H groups in total. The molecule has 5 nitrogen and oxygen atoms in total. The summed E-state index contributed by atoms with van der Waals surface area (Å²) < 4.78 is 14.0. The van der Waals surface area contributed by atoms with E-state index in [1.165, 1.54) is 24.5 Å². The van der Waals surface area contributed by atoms with Crippen molar-refractivity contribution in [3.8, 4) is 0 Å². The number of benzene rings is 2. The van der Waals surface area contributed by atoms with Gasteiger partial charge in [0, 0.05) is 15.5 Å². The number of fused-ring (bicyclic) bond motifs is 1. The summed E-state index contributed by atoms with van der Waals surface area (Å²) in [7, 11) is 0. The Balaban J connectivity index is 1.83. The van der Waals surface area contributed by atoms with Crippen LogP contribution in [0.15, 0.2) is 53.3 Å². The standard InChI is InChI=1S/C15H10BrFN4O/c16-9-4-5-13-12(6-9)14(19-8-18-13)21-15(22)20-11-3-1-2-10(17)7-11/h1-8H,(H2,18,19,20,21,22). The maximum atomic E-state index is 13.1.